The molecule has 4 rings (SSSR count). The molecule has 10 nitrogen and oxygen atoms in total. The van der Waals surface area contributed by atoms with Crippen molar-refractivity contribution in [3.63, 3.8) is 0 Å². The van der Waals surface area contributed by atoms with Crippen LogP contribution in [0.1, 0.15) is 22.3 Å². The Labute approximate surface area is 212 Å². The summed E-state index contributed by atoms with van der Waals surface area (Å²) in [6.07, 6.45) is -0.232. The van der Waals surface area contributed by atoms with Gasteiger partial charge in [0, 0.05) is 17.8 Å². The first-order valence-electron chi connectivity index (χ1n) is 11.5. The standard InChI is InChI=1S/C26H24N4O6S/c31-24(19-6-2-1-3-7-19)27-20-12-10-18(11-13-20)15-17-37(35,36)23(26(33)34)14-16-30-25(32)21-8-4-5-9-22(21)28-29-30/h1-13,23H,14-17H2,(H,27,31)(H,33,34). The lowest BCUT2D eigenvalue weighted by Gasteiger charge is -2.14. The van der Waals surface area contributed by atoms with Crippen molar-refractivity contribution < 1.29 is 23.1 Å². The van der Waals surface area contributed by atoms with Crippen LogP contribution in [0.5, 0.6) is 0 Å². The number of aliphatic carboxylic acids is 1. The van der Waals surface area contributed by atoms with Crippen molar-refractivity contribution in [3.05, 3.63) is 100 Å². The number of hydrogen-bond donors (Lipinski definition) is 2. The van der Waals surface area contributed by atoms with Gasteiger partial charge in [-0.25, -0.2) is 13.1 Å². The second-order valence-electron chi connectivity index (χ2n) is 8.38. The molecule has 1 amide bonds. The van der Waals surface area contributed by atoms with Crippen LogP contribution in [0.4, 0.5) is 5.69 Å². The molecule has 0 bridgehead atoms. The molecule has 1 unspecified atom stereocenters. The summed E-state index contributed by atoms with van der Waals surface area (Å²) in [6, 6.07) is 22.0. The summed E-state index contributed by atoms with van der Waals surface area (Å²) in [4.78, 5) is 36.7. The van der Waals surface area contributed by atoms with Gasteiger partial charge in [0.2, 0.25) is 0 Å². The molecule has 0 saturated carbocycles. The minimum atomic E-state index is -4.04. The summed E-state index contributed by atoms with van der Waals surface area (Å²) in [6.45, 7) is -0.206. The smallest absolute Gasteiger partial charge is 0.321 e. The number of amides is 1. The fraction of sp³-hybridized carbons (Fsp3) is 0.192. The number of sulfone groups is 1. The topological polar surface area (TPSA) is 148 Å². The van der Waals surface area contributed by atoms with Crippen LogP contribution in [0.2, 0.25) is 0 Å². The highest BCUT2D eigenvalue weighted by atomic mass is 32.2. The van der Waals surface area contributed by atoms with Crippen LogP contribution in [-0.4, -0.2) is 51.4 Å². The van der Waals surface area contributed by atoms with Gasteiger partial charge in [0.15, 0.2) is 15.1 Å². The molecule has 4 aromatic rings. The molecule has 190 valence electrons. The molecule has 0 aliphatic heterocycles. The number of carboxylic acid groups (broad SMARTS) is 1. The van der Waals surface area contributed by atoms with Crippen LogP contribution < -0.4 is 10.9 Å². The summed E-state index contributed by atoms with van der Waals surface area (Å²) >= 11 is 0. The number of rotatable bonds is 10. The van der Waals surface area contributed by atoms with E-state index in [1.807, 2.05) is 6.07 Å². The predicted molar refractivity (Wildman–Crippen MR) is 138 cm³/mol. The van der Waals surface area contributed by atoms with E-state index in [9.17, 15) is 27.9 Å². The van der Waals surface area contributed by atoms with Gasteiger partial charge in [-0.05, 0) is 54.8 Å². The largest absolute Gasteiger partial charge is 0.480 e. The number of carboxylic acids is 1. The third kappa shape index (κ3) is 6.25. The van der Waals surface area contributed by atoms with Gasteiger partial charge in [-0.3, -0.25) is 14.4 Å². The van der Waals surface area contributed by atoms with E-state index in [1.54, 1.807) is 72.8 Å². The summed E-state index contributed by atoms with van der Waals surface area (Å²) in [7, 11) is -4.04. The average Bonchev–Trinajstić information content (AvgIpc) is 2.90. The van der Waals surface area contributed by atoms with Crippen molar-refractivity contribution in [2.45, 2.75) is 24.6 Å². The molecule has 0 aliphatic rings. The Balaban J connectivity index is 1.38. The number of aryl methyl sites for hydroxylation is 2. The zero-order valence-corrected chi connectivity index (χ0v) is 20.5. The molecule has 2 N–H and O–H groups in total. The van der Waals surface area contributed by atoms with E-state index in [4.69, 9.17) is 0 Å². The van der Waals surface area contributed by atoms with Gasteiger partial charge in [-0.1, -0.05) is 47.7 Å². The quantitative estimate of drug-likeness (QED) is 0.324. The number of aromatic nitrogens is 3. The highest BCUT2D eigenvalue weighted by molar-refractivity contribution is 7.92. The van der Waals surface area contributed by atoms with E-state index >= 15 is 0 Å². The second kappa shape index (κ2) is 11.1. The van der Waals surface area contributed by atoms with Gasteiger partial charge >= 0.3 is 5.97 Å². The molecule has 0 fully saturated rings. The molecular formula is C26H24N4O6S. The number of benzene rings is 3. The molecule has 1 heterocycles. The Morgan fingerprint density at radius 1 is 0.946 bits per heavy atom. The molecule has 37 heavy (non-hydrogen) atoms. The molecule has 0 aliphatic carbocycles. The van der Waals surface area contributed by atoms with E-state index in [1.165, 1.54) is 0 Å². The van der Waals surface area contributed by atoms with Crippen LogP contribution in [0, 0.1) is 0 Å². The van der Waals surface area contributed by atoms with E-state index in [0.29, 0.717) is 27.7 Å². The first kappa shape index (κ1) is 25.7. The summed E-state index contributed by atoms with van der Waals surface area (Å²) in [5, 5.41) is 18.7. The summed E-state index contributed by atoms with van der Waals surface area (Å²) in [5.41, 5.74) is 1.66. The Morgan fingerprint density at radius 3 is 2.32 bits per heavy atom. The number of nitrogens with zero attached hydrogens (tertiary/aromatic N) is 3. The lowest BCUT2D eigenvalue weighted by atomic mass is 10.1. The third-order valence-corrected chi connectivity index (χ3v) is 7.94. The van der Waals surface area contributed by atoms with Crippen molar-refractivity contribution in [3.8, 4) is 0 Å². The van der Waals surface area contributed by atoms with E-state index in [2.05, 4.69) is 15.6 Å². The molecular weight excluding hydrogens is 496 g/mol. The molecule has 1 atom stereocenters. The number of anilines is 1. The average molecular weight is 521 g/mol. The lowest BCUT2D eigenvalue weighted by molar-refractivity contribution is -0.136. The SMILES string of the molecule is O=C(Nc1ccc(CCS(=O)(=O)C(CCn2nnc3ccccc3c2=O)C(=O)O)cc1)c1ccccc1. The maximum Gasteiger partial charge on any atom is 0.321 e. The minimum Gasteiger partial charge on any atom is -0.480 e. The van der Waals surface area contributed by atoms with Gasteiger partial charge in [0.05, 0.1) is 11.1 Å². The number of fused-ring (bicyclic) bond motifs is 1. The number of carbonyl (C=O) groups is 2. The molecule has 3 aromatic carbocycles. The zero-order valence-electron chi connectivity index (χ0n) is 19.6. The van der Waals surface area contributed by atoms with E-state index in [-0.39, 0.29) is 25.3 Å². The van der Waals surface area contributed by atoms with Crippen LogP contribution in [0.3, 0.4) is 0 Å². The molecule has 0 radical (unpaired) electrons. The second-order valence-corrected chi connectivity index (χ2v) is 10.7. The van der Waals surface area contributed by atoms with Crippen molar-refractivity contribution in [1.29, 1.82) is 0 Å². The highest BCUT2D eigenvalue weighted by Gasteiger charge is 2.32. The van der Waals surface area contributed by atoms with Crippen LogP contribution in [-0.2, 0) is 27.6 Å². The Hall–Kier alpha value is -4.38. The molecule has 0 spiro atoms. The fourth-order valence-electron chi connectivity index (χ4n) is 3.82. The maximum atomic E-state index is 12.9. The van der Waals surface area contributed by atoms with Gasteiger partial charge in [0.1, 0.15) is 5.52 Å². The minimum absolute atomic E-state index is 0.0920. The third-order valence-electron chi connectivity index (χ3n) is 5.86. The van der Waals surface area contributed by atoms with Gasteiger partial charge in [-0.2, -0.15) is 0 Å². The number of hydrogen-bond acceptors (Lipinski definition) is 7. The van der Waals surface area contributed by atoms with Crippen LogP contribution in [0.15, 0.2) is 83.7 Å². The first-order chi connectivity index (χ1) is 17.7. The van der Waals surface area contributed by atoms with Crippen molar-refractivity contribution >= 4 is 38.3 Å². The van der Waals surface area contributed by atoms with Gasteiger partial charge in [0.25, 0.3) is 11.5 Å². The highest BCUT2D eigenvalue weighted by Crippen LogP contribution is 2.15. The van der Waals surface area contributed by atoms with E-state index < -0.39 is 32.4 Å². The van der Waals surface area contributed by atoms with E-state index in [0.717, 1.165) is 4.68 Å². The van der Waals surface area contributed by atoms with Crippen LogP contribution >= 0.6 is 0 Å². The molecule has 1 aromatic heterocycles. The van der Waals surface area contributed by atoms with Crippen molar-refractivity contribution in [1.82, 2.24) is 15.0 Å². The molecule has 0 saturated heterocycles. The first-order valence-corrected chi connectivity index (χ1v) is 13.2. The number of carbonyl (C=O) groups excluding carboxylic acids is 1. The summed E-state index contributed by atoms with van der Waals surface area (Å²) < 4.78 is 26.7. The monoisotopic (exact) mass is 520 g/mol. The predicted octanol–water partition coefficient (Wildman–Crippen LogP) is 2.54. The maximum absolute atomic E-state index is 12.9. The van der Waals surface area contributed by atoms with Crippen molar-refractivity contribution in [2.24, 2.45) is 0 Å². The van der Waals surface area contributed by atoms with Crippen molar-refractivity contribution in [2.75, 3.05) is 11.1 Å². The van der Waals surface area contributed by atoms with Crippen LogP contribution in [0.25, 0.3) is 10.9 Å². The zero-order chi connectivity index (χ0) is 26.4. The lowest BCUT2D eigenvalue weighted by Crippen LogP contribution is -2.35. The van der Waals surface area contributed by atoms with Gasteiger partial charge in [-0.15, -0.1) is 5.10 Å². The Morgan fingerprint density at radius 2 is 1.62 bits per heavy atom. The Kier molecular flexibility index (Phi) is 7.73. The number of nitrogens with one attached hydrogen (secondary N) is 1. The summed E-state index contributed by atoms with van der Waals surface area (Å²) in [5.74, 6) is -2.14. The fourth-order valence-corrected chi connectivity index (χ4v) is 5.39. The normalized spacial score (nSPS) is 12.2. The molecule has 11 heteroatoms. The van der Waals surface area contributed by atoms with Gasteiger partial charge < -0.3 is 10.4 Å². The Bertz CT molecular complexity index is 1590.